The quantitative estimate of drug-likeness (QED) is 0.929. The van der Waals surface area contributed by atoms with Gasteiger partial charge in [-0.15, -0.1) is 0 Å². The topological polar surface area (TPSA) is 57.6 Å². The number of rotatable bonds is 4. The van der Waals surface area contributed by atoms with Crippen LogP contribution in [0.3, 0.4) is 0 Å². The van der Waals surface area contributed by atoms with Crippen LogP contribution in [-0.2, 0) is 4.79 Å². The molecule has 5 heteroatoms. The van der Waals surface area contributed by atoms with Crippen molar-refractivity contribution in [2.45, 2.75) is 25.8 Å². The van der Waals surface area contributed by atoms with Gasteiger partial charge in [-0.2, -0.15) is 0 Å². The molecule has 1 saturated carbocycles. The molecule has 0 bridgehead atoms. The highest BCUT2D eigenvalue weighted by Gasteiger charge is 2.34. The third-order valence-corrected chi connectivity index (χ3v) is 3.30. The van der Waals surface area contributed by atoms with E-state index >= 15 is 0 Å². The summed E-state index contributed by atoms with van der Waals surface area (Å²) < 4.78 is 0.830. The molecule has 1 aliphatic carbocycles. The van der Waals surface area contributed by atoms with Gasteiger partial charge in [0.05, 0.1) is 0 Å². The fourth-order valence-electron chi connectivity index (χ4n) is 1.92. The van der Waals surface area contributed by atoms with Crippen LogP contribution in [0.25, 0.3) is 0 Å². The molecule has 0 aromatic heterocycles. The molecule has 1 fully saturated rings. The van der Waals surface area contributed by atoms with Gasteiger partial charge in [0.15, 0.2) is 0 Å². The van der Waals surface area contributed by atoms with Crippen LogP contribution in [0.1, 0.15) is 28.8 Å². The maximum absolute atomic E-state index is 12.3. The molecule has 0 unspecified atom stereocenters. The van der Waals surface area contributed by atoms with Gasteiger partial charge in [0.2, 0.25) is 0 Å². The molecule has 0 saturated heterocycles. The Balaban J connectivity index is 2.24. The first kappa shape index (κ1) is 13.1. The minimum absolute atomic E-state index is 0.0906. The number of amides is 1. The predicted molar refractivity (Wildman–Crippen MR) is 70.6 cm³/mol. The summed E-state index contributed by atoms with van der Waals surface area (Å²) >= 11 is 3.35. The Bertz CT molecular complexity index is 477. The molecule has 1 aromatic rings. The number of aliphatic carboxylic acids is 1. The van der Waals surface area contributed by atoms with E-state index < -0.39 is 5.97 Å². The van der Waals surface area contributed by atoms with Crippen molar-refractivity contribution < 1.29 is 14.7 Å². The monoisotopic (exact) mass is 311 g/mol. The van der Waals surface area contributed by atoms with E-state index in [0.717, 1.165) is 22.9 Å². The molecule has 1 aliphatic rings. The van der Waals surface area contributed by atoms with Crippen molar-refractivity contribution in [2.75, 3.05) is 6.54 Å². The number of benzene rings is 1. The smallest absolute Gasteiger partial charge is 0.323 e. The number of aryl methyl sites for hydroxylation is 1. The number of carbonyl (C=O) groups is 2. The second-order valence-corrected chi connectivity index (χ2v) is 5.49. The first-order valence-electron chi connectivity index (χ1n) is 5.77. The summed E-state index contributed by atoms with van der Waals surface area (Å²) in [6.07, 6.45) is 1.79. The maximum atomic E-state index is 12.3. The Kier molecular flexibility index (Phi) is 3.71. The molecule has 96 valence electrons. The average molecular weight is 312 g/mol. The van der Waals surface area contributed by atoms with E-state index in [1.807, 2.05) is 13.0 Å². The van der Waals surface area contributed by atoms with Crippen molar-refractivity contribution in [3.63, 3.8) is 0 Å². The number of hydrogen-bond donors (Lipinski definition) is 1. The fraction of sp³-hybridized carbons (Fsp3) is 0.385. The summed E-state index contributed by atoms with van der Waals surface area (Å²) in [5.41, 5.74) is 1.51. The summed E-state index contributed by atoms with van der Waals surface area (Å²) in [5.74, 6) is -1.17. The Morgan fingerprint density at radius 1 is 1.39 bits per heavy atom. The zero-order chi connectivity index (χ0) is 13.3. The lowest BCUT2D eigenvalue weighted by molar-refractivity contribution is -0.137. The first-order valence-corrected chi connectivity index (χ1v) is 6.56. The van der Waals surface area contributed by atoms with Crippen LogP contribution >= 0.6 is 15.9 Å². The van der Waals surface area contributed by atoms with Gasteiger partial charge >= 0.3 is 5.97 Å². The van der Waals surface area contributed by atoms with Gasteiger partial charge in [0.25, 0.3) is 5.91 Å². The number of carboxylic acids is 1. The highest BCUT2D eigenvalue weighted by atomic mass is 79.9. The van der Waals surface area contributed by atoms with Crippen molar-refractivity contribution in [3.05, 3.63) is 33.8 Å². The second kappa shape index (κ2) is 5.10. The van der Waals surface area contributed by atoms with Crippen LogP contribution in [0.2, 0.25) is 0 Å². The Labute approximate surface area is 114 Å². The molecule has 1 amide bonds. The summed E-state index contributed by atoms with van der Waals surface area (Å²) in [5, 5.41) is 8.86. The lowest BCUT2D eigenvalue weighted by Gasteiger charge is -2.20. The SMILES string of the molecule is Cc1cc(Br)cc(C(=O)N(CC(=O)O)C2CC2)c1. The normalized spacial score (nSPS) is 14.3. The third-order valence-electron chi connectivity index (χ3n) is 2.84. The van der Waals surface area contributed by atoms with Crippen LogP contribution < -0.4 is 0 Å². The molecule has 0 radical (unpaired) electrons. The Morgan fingerprint density at radius 2 is 2.06 bits per heavy atom. The van der Waals surface area contributed by atoms with E-state index in [-0.39, 0.29) is 18.5 Å². The summed E-state index contributed by atoms with van der Waals surface area (Å²) in [7, 11) is 0. The van der Waals surface area contributed by atoms with Gasteiger partial charge in [-0.25, -0.2) is 0 Å². The number of hydrogen-bond acceptors (Lipinski definition) is 2. The highest BCUT2D eigenvalue weighted by Crippen LogP contribution is 2.28. The Morgan fingerprint density at radius 3 is 2.56 bits per heavy atom. The van der Waals surface area contributed by atoms with Gasteiger partial charge in [-0.1, -0.05) is 15.9 Å². The number of carbonyl (C=O) groups excluding carboxylic acids is 1. The molecule has 0 spiro atoms. The summed E-state index contributed by atoms with van der Waals surface area (Å²) in [6.45, 7) is 1.68. The van der Waals surface area contributed by atoms with Crippen LogP contribution in [0, 0.1) is 6.92 Å². The highest BCUT2D eigenvalue weighted by molar-refractivity contribution is 9.10. The standard InChI is InChI=1S/C13H14BrNO3/c1-8-4-9(6-10(14)5-8)13(18)15(7-12(16)17)11-2-3-11/h4-6,11H,2-3,7H2,1H3,(H,16,17). The molecule has 18 heavy (non-hydrogen) atoms. The van der Waals surface area contributed by atoms with E-state index in [1.165, 1.54) is 4.90 Å². The van der Waals surface area contributed by atoms with Gasteiger partial charge in [-0.05, 0) is 43.5 Å². The van der Waals surface area contributed by atoms with E-state index in [2.05, 4.69) is 15.9 Å². The molecule has 0 atom stereocenters. The first-order chi connectivity index (χ1) is 8.47. The van der Waals surface area contributed by atoms with Crippen LogP contribution in [-0.4, -0.2) is 34.5 Å². The molecular formula is C13H14BrNO3. The average Bonchev–Trinajstić information content (AvgIpc) is 3.07. The largest absolute Gasteiger partial charge is 0.480 e. The molecule has 2 rings (SSSR count). The predicted octanol–water partition coefficient (Wildman–Crippen LogP) is 2.45. The van der Waals surface area contributed by atoms with Crippen LogP contribution in [0.5, 0.6) is 0 Å². The summed E-state index contributed by atoms with van der Waals surface area (Å²) in [6, 6.07) is 5.51. The van der Waals surface area contributed by atoms with E-state index in [4.69, 9.17) is 5.11 Å². The van der Waals surface area contributed by atoms with Gasteiger partial charge in [-0.3, -0.25) is 9.59 Å². The summed E-state index contributed by atoms with van der Waals surface area (Å²) in [4.78, 5) is 24.6. The lowest BCUT2D eigenvalue weighted by atomic mass is 10.1. The second-order valence-electron chi connectivity index (χ2n) is 4.58. The minimum Gasteiger partial charge on any atom is -0.480 e. The zero-order valence-electron chi connectivity index (χ0n) is 10.0. The Hall–Kier alpha value is -1.36. The zero-order valence-corrected chi connectivity index (χ0v) is 11.6. The maximum Gasteiger partial charge on any atom is 0.323 e. The lowest BCUT2D eigenvalue weighted by Crippen LogP contribution is -2.37. The van der Waals surface area contributed by atoms with E-state index in [1.54, 1.807) is 12.1 Å². The van der Waals surface area contributed by atoms with Crippen LogP contribution in [0.4, 0.5) is 0 Å². The van der Waals surface area contributed by atoms with E-state index in [0.29, 0.717) is 5.56 Å². The minimum atomic E-state index is -0.970. The van der Waals surface area contributed by atoms with Gasteiger partial charge in [0, 0.05) is 16.1 Å². The van der Waals surface area contributed by atoms with Crippen molar-refractivity contribution in [3.8, 4) is 0 Å². The van der Waals surface area contributed by atoms with Gasteiger partial charge < -0.3 is 10.0 Å². The van der Waals surface area contributed by atoms with Gasteiger partial charge in [0.1, 0.15) is 6.54 Å². The van der Waals surface area contributed by atoms with Crippen LogP contribution in [0.15, 0.2) is 22.7 Å². The number of nitrogens with zero attached hydrogens (tertiary/aromatic N) is 1. The fourth-order valence-corrected chi connectivity index (χ4v) is 2.53. The van der Waals surface area contributed by atoms with E-state index in [9.17, 15) is 9.59 Å². The molecule has 4 nitrogen and oxygen atoms in total. The molecule has 0 heterocycles. The molecule has 1 N–H and O–H groups in total. The molecule has 0 aliphatic heterocycles. The van der Waals surface area contributed by atoms with Crippen molar-refractivity contribution in [2.24, 2.45) is 0 Å². The van der Waals surface area contributed by atoms with Crippen molar-refractivity contribution >= 4 is 27.8 Å². The number of carboxylic acid groups (broad SMARTS) is 1. The molecular weight excluding hydrogens is 298 g/mol. The van der Waals surface area contributed by atoms with Crippen molar-refractivity contribution in [1.29, 1.82) is 0 Å². The van der Waals surface area contributed by atoms with Crippen molar-refractivity contribution in [1.82, 2.24) is 4.90 Å². The molecule has 1 aromatic carbocycles. The number of halogens is 1. The third kappa shape index (κ3) is 3.10.